The second-order valence-corrected chi connectivity index (χ2v) is 6.62. The van der Waals surface area contributed by atoms with E-state index in [1.54, 1.807) is 19.1 Å². The molecule has 5 atom stereocenters. The summed E-state index contributed by atoms with van der Waals surface area (Å²) < 4.78 is 20.6. The van der Waals surface area contributed by atoms with Gasteiger partial charge in [-0.25, -0.2) is 0 Å². The summed E-state index contributed by atoms with van der Waals surface area (Å²) in [6, 6.07) is 4.70. The molecular formula is C21H27MoNO12-6. The summed E-state index contributed by atoms with van der Waals surface area (Å²) >= 11 is 0. The minimum atomic E-state index is -1.83. The fourth-order valence-electron chi connectivity index (χ4n) is 2.80. The molecule has 1 aliphatic rings. The zero-order chi connectivity index (χ0) is 24.3. The standard InChI is InChI=1S/C19H22NO9.C2H6O.Mo.2O/c1-10(21)26-9-15-17(27-11(2)22)18(28-12(3)23)16(19(25)29-15)20-8-13-6-4-5-7-14(13)24;1-2-3;;;/h4-8,15-19,24H,9H2,1-3H3;3H,2H2,1H3;;;/q-1;;;2*-2/p-1/t15-,16-,17-,18-,19+;;;;/m1..../s1. The Morgan fingerprint density at radius 2 is 1.57 bits per heavy atom. The number of hydrogen-bond acceptors (Lipinski definition) is 11. The van der Waals surface area contributed by atoms with Gasteiger partial charge in [-0.15, -0.1) is 5.75 Å². The van der Waals surface area contributed by atoms with Gasteiger partial charge in [0.2, 0.25) is 0 Å². The van der Waals surface area contributed by atoms with E-state index >= 15 is 0 Å². The van der Waals surface area contributed by atoms with Crippen LogP contribution in [0.15, 0.2) is 29.3 Å². The first-order valence-electron chi connectivity index (χ1n) is 9.79. The number of benzene rings is 1. The quantitative estimate of drug-likeness (QED) is 0.183. The third-order valence-corrected chi connectivity index (χ3v) is 3.97. The molecule has 0 radical (unpaired) electrons. The number of ether oxygens (including phenoxy) is 4. The normalized spacial score (nSPS) is 22.6. The maximum absolute atomic E-state index is 12.6. The zero-order valence-corrected chi connectivity index (χ0v) is 21.5. The van der Waals surface area contributed by atoms with E-state index in [0.29, 0.717) is 0 Å². The Morgan fingerprint density at radius 1 is 1.06 bits per heavy atom. The van der Waals surface area contributed by atoms with E-state index in [-0.39, 0.29) is 56.5 Å². The smallest absolute Gasteiger partial charge is 0.303 e. The van der Waals surface area contributed by atoms with Gasteiger partial charge in [-0.3, -0.25) is 19.4 Å². The second kappa shape index (κ2) is 18.9. The molecule has 1 heterocycles. The van der Waals surface area contributed by atoms with E-state index in [1.165, 1.54) is 18.3 Å². The van der Waals surface area contributed by atoms with Gasteiger partial charge in [-0.1, -0.05) is 24.3 Å². The van der Waals surface area contributed by atoms with Crippen LogP contribution < -0.4 is 10.2 Å². The van der Waals surface area contributed by atoms with Crippen LogP contribution in [0.5, 0.6) is 5.75 Å². The molecule has 200 valence electrons. The summed E-state index contributed by atoms with van der Waals surface area (Å²) in [6.45, 7) is 4.96. The second-order valence-electron chi connectivity index (χ2n) is 6.62. The summed E-state index contributed by atoms with van der Waals surface area (Å²) in [4.78, 5) is 38.3. The van der Waals surface area contributed by atoms with Gasteiger partial charge in [0.25, 0.3) is 0 Å². The van der Waals surface area contributed by atoms with Gasteiger partial charge in [0.05, 0.1) is 0 Å². The fraction of sp³-hybridized carbons (Fsp3) is 0.524. The third-order valence-electron chi connectivity index (χ3n) is 3.97. The monoisotopic (exact) mass is 583 g/mol. The molecule has 14 heteroatoms. The van der Waals surface area contributed by atoms with Crippen LogP contribution in [-0.2, 0) is 65.3 Å². The van der Waals surface area contributed by atoms with E-state index in [9.17, 15) is 24.6 Å². The van der Waals surface area contributed by atoms with Gasteiger partial charge in [0.15, 0.2) is 12.2 Å². The van der Waals surface area contributed by atoms with E-state index in [0.717, 1.165) is 20.8 Å². The SMILES string of the molecule is CC(=O)OC[C@H]1O[C@H]([O-])[C@H](N=Cc2ccccc2[O-])[C@@H](OC(C)=O)[C@@H]1OC(C)=O.CCO.[Mo].[O-2].[O-2]. The Morgan fingerprint density at radius 3 is 2.06 bits per heavy atom. The molecule has 0 unspecified atom stereocenters. The van der Waals surface area contributed by atoms with Crippen molar-refractivity contribution in [3.63, 3.8) is 0 Å². The van der Waals surface area contributed by atoms with Crippen molar-refractivity contribution in [1.82, 2.24) is 0 Å². The first kappa shape index (κ1) is 37.1. The van der Waals surface area contributed by atoms with Crippen molar-refractivity contribution in [1.29, 1.82) is 0 Å². The average molecular weight is 581 g/mol. The largest absolute Gasteiger partial charge is 2.00 e. The van der Waals surface area contributed by atoms with Crippen molar-refractivity contribution < 1.29 is 80.7 Å². The number of aliphatic imine (C=N–C) groups is 1. The molecule has 0 aliphatic carbocycles. The molecule has 0 bridgehead atoms. The maximum atomic E-state index is 12.6. The molecule has 1 aromatic carbocycles. The minimum absolute atomic E-state index is 0. The molecule has 1 aromatic rings. The van der Waals surface area contributed by atoms with Crippen LogP contribution >= 0.6 is 0 Å². The van der Waals surface area contributed by atoms with Gasteiger partial charge in [-0.2, -0.15) is 0 Å². The van der Waals surface area contributed by atoms with Crippen molar-refractivity contribution in [3.05, 3.63) is 29.8 Å². The Balaban J connectivity index is -0.00000162. The molecule has 13 nitrogen and oxygen atoms in total. The summed E-state index contributed by atoms with van der Waals surface area (Å²) in [5, 5.41) is 32.0. The summed E-state index contributed by atoms with van der Waals surface area (Å²) in [5.74, 6) is -2.41. The van der Waals surface area contributed by atoms with Gasteiger partial charge < -0.3 is 45.2 Å². The van der Waals surface area contributed by atoms with Crippen LogP contribution in [0, 0.1) is 0 Å². The number of carbonyl (C=O) groups is 3. The Labute approximate surface area is 216 Å². The first-order chi connectivity index (χ1) is 15.1. The van der Waals surface area contributed by atoms with E-state index in [2.05, 4.69) is 4.99 Å². The van der Waals surface area contributed by atoms with Crippen LogP contribution in [0.4, 0.5) is 0 Å². The zero-order valence-electron chi connectivity index (χ0n) is 19.5. The summed E-state index contributed by atoms with van der Waals surface area (Å²) in [6.07, 6.45) is -4.36. The number of carbonyl (C=O) groups excluding carboxylic acids is 3. The number of rotatable bonds is 6. The van der Waals surface area contributed by atoms with Crippen molar-refractivity contribution in [2.45, 2.75) is 58.3 Å². The maximum Gasteiger partial charge on any atom is 0.303 e. The number of nitrogens with zero attached hydrogens (tertiary/aromatic N) is 1. The molecule has 0 amide bonds. The molecule has 0 spiro atoms. The Hall–Kier alpha value is -2.41. The van der Waals surface area contributed by atoms with E-state index < -0.39 is 48.6 Å². The molecule has 0 saturated carbocycles. The molecular weight excluding hydrogens is 554 g/mol. The van der Waals surface area contributed by atoms with E-state index in [4.69, 9.17) is 24.1 Å². The van der Waals surface area contributed by atoms with Gasteiger partial charge in [-0.05, 0) is 12.5 Å². The Kier molecular flexibility index (Phi) is 20.0. The van der Waals surface area contributed by atoms with Crippen LogP contribution in [0.2, 0.25) is 0 Å². The van der Waals surface area contributed by atoms with Crippen molar-refractivity contribution >= 4 is 24.1 Å². The van der Waals surface area contributed by atoms with Crippen molar-refractivity contribution in [3.8, 4) is 5.75 Å². The minimum Gasteiger partial charge on any atom is -2.00 e. The molecule has 2 rings (SSSR count). The van der Waals surface area contributed by atoms with Crippen molar-refractivity contribution in [2.75, 3.05) is 13.2 Å². The first-order valence-corrected chi connectivity index (χ1v) is 9.79. The number of aliphatic hydroxyl groups excluding tert-OH is 1. The molecule has 35 heavy (non-hydrogen) atoms. The molecule has 1 aliphatic heterocycles. The summed E-state index contributed by atoms with van der Waals surface area (Å²) in [5.41, 5.74) is 0.215. The van der Waals surface area contributed by atoms with Gasteiger partial charge in [0, 0.05) is 60.9 Å². The molecule has 1 N–H and O–H groups in total. The molecule has 0 aromatic heterocycles. The molecule has 1 saturated heterocycles. The third kappa shape index (κ3) is 12.7. The van der Waals surface area contributed by atoms with Gasteiger partial charge in [0.1, 0.15) is 18.8 Å². The number of hydrogen-bond donors (Lipinski definition) is 1. The number of aliphatic hydroxyl groups is 1. The average Bonchev–Trinajstić information content (AvgIpc) is 2.69. The Bertz CT molecular complexity index is 806. The van der Waals surface area contributed by atoms with Crippen LogP contribution in [-0.4, -0.2) is 73.1 Å². The number of esters is 3. The fourth-order valence-corrected chi connectivity index (χ4v) is 2.80. The van der Waals surface area contributed by atoms with Crippen LogP contribution in [0.25, 0.3) is 0 Å². The predicted octanol–water partition coefficient (Wildman–Crippen LogP) is -1.18. The molecule has 1 fully saturated rings. The topological polar surface area (TPSA) is 224 Å². The van der Waals surface area contributed by atoms with Gasteiger partial charge >= 0.3 is 17.9 Å². The van der Waals surface area contributed by atoms with Crippen LogP contribution in [0.1, 0.15) is 33.3 Å². The van der Waals surface area contributed by atoms with Crippen molar-refractivity contribution in [2.24, 2.45) is 4.99 Å². The van der Waals surface area contributed by atoms with E-state index in [1.807, 2.05) is 0 Å². The number of para-hydroxylation sites is 1. The van der Waals surface area contributed by atoms with Crippen LogP contribution in [0.3, 0.4) is 0 Å². The predicted molar refractivity (Wildman–Crippen MR) is 108 cm³/mol. The summed E-state index contributed by atoms with van der Waals surface area (Å²) in [7, 11) is 0.